The lowest BCUT2D eigenvalue weighted by atomic mass is 10.1. The fraction of sp³-hybridized carbons (Fsp3) is 0.381. The summed E-state index contributed by atoms with van der Waals surface area (Å²) in [5, 5.41) is 2.83. The molecule has 7 heteroatoms. The Kier molecular flexibility index (Phi) is 6.36. The van der Waals surface area contributed by atoms with Crippen molar-refractivity contribution in [2.45, 2.75) is 43.7 Å². The molecule has 0 aliphatic carbocycles. The van der Waals surface area contributed by atoms with Crippen molar-refractivity contribution in [1.82, 2.24) is 9.62 Å². The van der Waals surface area contributed by atoms with Gasteiger partial charge in [0.2, 0.25) is 10.0 Å². The normalized spacial score (nSPS) is 17.9. The van der Waals surface area contributed by atoms with E-state index >= 15 is 0 Å². The minimum atomic E-state index is -3.75. The molecule has 3 rings (SSSR count). The molecule has 6 nitrogen and oxygen atoms in total. The highest BCUT2D eigenvalue weighted by Gasteiger charge is 2.33. The van der Waals surface area contributed by atoms with Gasteiger partial charge in [-0.15, -0.1) is 0 Å². The minimum absolute atomic E-state index is 0.0381. The van der Waals surface area contributed by atoms with Crippen molar-refractivity contribution in [2.24, 2.45) is 0 Å². The Labute approximate surface area is 166 Å². The third-order valence-corrected chi connectivity index (χ3v) is 7.09. The van der Waals surface area contributed by atoms with Crippen LogP contribution in [0, 0.1) is 0 Å². The van der Waals surface area contributed by atoms with Crippen LogP contribution < -0.4 is 10.1 Å². The molecule has 1 heterocycles. The van der Waals surface area contributed by atoms with Crippen LogP contribution in [0.25, 0.3) is 0 Å². The highest BCUT2D eigenvalue weighted by molar-refractivity contribution is 7.89. The molecule has 1 aliphatic heterocycles. The summed E-state index contributed by atoms with van der Waals surface area (Å²) >= 11 is 0. The van der Waals surface area contributed by atoms with Crippen molar-refractivity contribution < 1.29 is 17.9 Å². The smallest absolute Gasteiger partial charge is 0.251 e. The second kappa shape index (κ2) is 8.75. The lowest BCUT2D eigenvalue weighted by Crippen LogP contribution is -2.42. The fourth-order valence-electron chi connectivity index (χ4n) is 3.45. The fourth-order valence-corrected chi connectivity index (χ4v) is 5.34. The predicted octanol–water partition coefficient (Wildman–Crippen LogP) is 3.19. The highest BCUT2D eigenvalue weighted by Crippen LogP contribution is 2.31. The molecule has 1 amide bonds. The summed E-state index contributed by atoms with van der Waals surface area (Å²) in [4.78, 5) is 12.6. The second-order valence-electron chi connectivity index (χ2n) is 6.99. The van der Waals surface area contributed by atoms with E-state index in [1.165, 1.54) is 17.5 Å². The number of benzene rings is 2. The lowest BCUT2D eigenvalue weighted by Gasteiger charge is -2.32. The van der Waals surface area contributed by atoms with Gasteiger partial charge in [-0.3, -0.25) is 4.79 Å². The topological polar surface area (TPSA) is 75.7 Å². The Balaban J connectivity index is 1.86. The molecular weight excluding hydrogens is 376 g/mol. The van der Waals surface area contributed by atoms with Crippen LogP contribution in [0.1, 0.15) is 42.1 Å². The zero-order valence-electron chi connectivity index (χ0n) is 16.2. The van der Waals surface area contributed by atoms with Gasteiger partial charge in [0.05, 0.1) is 7.11 Å². The van der Waals surface area contributed by atoms with E-state index in [9.17, 15) is 13.2 Å². The first-order chi connectivity index (χ1) is 13.4. The molecule has 1 N–H and O–H groups in total. The van der Waals surface area contributed by atoms with Gasteiger partial charge in [-0.25, -0.2) is 8.42 Å². The standard InChI is InChI=1S/C21H26N2O4S/c1-16-8-6-7-13-23(16)28(25,26)20-14-18(11-12-19(20)27-2)21(24)22-15-17-9-4-3-5-10-17/h3-5,9-12,14,16H,6-8,13,15H2,1-2H3,(H,22,24). The molecule has 1 unspecified atom stereocenters. The summed E-state index contributed by atoms with van der Waals surface area (Å²) in [7, 11) is -2.32. The van der Waals surface area contributed by atoms with Crippen molar-refractivity contribution in [3.63, 3.8) is 0 Å². The third kappa shape index (κ3) is 4.36. The Bertz CT molecular complexity index is 929. The number of hydrogen-bond acceptors (Lipinski definition) is 4. The summed E-state index contributed by atoms with van der Waals surface area (Å²) in [6, 6.07) is 14.0. The van der Waals surface area contributed by atoms with E-state index in [0.29, 0.717) is 18.7 Å². The molecular formula is C21H26N2O4S. The van der Waals surface area contributed by atoms with E-state index in [1.54, 1.807) is 12.1 Å². The van der Waals surface area contributed by atoms with Crippen molar-refractivity contribution in [1.29, 1.82) is 0 Å². The summed E-state index contributed by atoms with van der Waals surface area (Å²) in [6.45, 7) is 2.77. The van der Waals surface area contributed by atoms with Gasteiger partial charge in [-0.2, -0.15) is 4.31 Å². The van der Waals surface area contributed by atoms with Crippen LogP contribution in [0.3, 0.4) is 0 Å². The van der Waals surface area contributed by atoms with Crippen molar-refractivity contribution in [3.8, 4) is 5.75 Å². The number of carbonyl (C=O) groups excluding carboxylic acids is 1. The van der Waals surface area contributed by atoms with E-state index in [2.05, 4.69) is 5.32 Å². The van der Waals surface area contributed by atoms with E-state index < -0.39 is 10.0 Å². The number of piperidine rings is 1. The average molecular weight is 403 g/mol. The number of methoxy groups -OCH3 is 1. The number of hydrogen-bond donors (Lipinski definition) is 1. The Morgan fingerprint density at radius 2 is 1.93 bits per heavy atom. The van der Waals surface area contributed by atoms with Crippen LogP contribution in [0.4, 0.5) is 0 Å². The number of sulfonamides is 1. The van der Waals surface area contributed by atoms with Gasteiger partial charge in [0.15, 0.2) is 0 Å². The average Bonchev–Trinajstić information content (AvgIpc) is 2.72. The number of nitrogens with one attached hydrogen (secondary N) is 1. The first-order valence-corrected chi connectivity index (χ1v) is 10.9. The van der Waals surface area contributed by atoms with Crippen LogP contribution in [0.5, 0.6) is 5.75 Å². The van der Waals surface area contributed by atoms with Gasteiger partial charge in [0, 0.05) is 24.7 Å². The summed E-state index contributed by atoms with van der Waals surface area (Å²) in [6.07, 6.45) is 2.69. The number of carbonyl (C=O) groups is 1. The second-order valence-corrected chi connectivity index (χ2v) is 8.85. The van der Waals surface area contributed by atoms with E-state index in [1.807, 2.05) is 37.3 Å². The van der Waals surface area contributed by atoms with Gasteiger partial charge >= 0.3 is 0 Å². The van der Waals surface area contributed by atoms with Crippen LogP contribution in [-0.2, 0) is 16.6 Å². The lowest BCUT2D eigenvalue weighted by molar-refractivity contribution is 0.0950. The van der Waals surface area contributed by atoms with Crippen molar-refractivity contribution >= 4 is 15.9 Å². The molecule has 1 fully saturated rings. The summed E-state index contributed by atoms with van der Waals surface area (Å²) in [5.41, 5.74) is 1.26. The number of ether oxygens (including phenoxy) is 1. The molecule has 0 aromatic heterocycles. The molecule has 1 aliphatic rings. The Morgan fingerprint density at radius 1 is 1.18 bits per heavy atom. The van der Waals surface area contributed by atoms with Crippen LogP contribution in [-0.4, -0.2) is 38.3 Å². The van der Waals surface area contributed by atoms with Crippen molar-refractivity contribution in [2.75, 3.05) is 13.7 Å². The van der Waals surface area contributed by atoms with Crippen LogP contribution in [0.15, 0.2) is 53.4 Å². The molecule has 2 aromatic carbocycles. The van der Waals surface area contributed by atoms with Crippen molar-refractivity contribution in [3.05, 3.63) is 59.7 Å². The maximum atomic E-state index is 13.2. The maximum absolute atomic E-state index is 13.2. The number of nitrogens with zero attached hydrogens (tertiary/aromatic N) is 1. The molecule has 1 atom stereocenters. The molecule has 150 valence electrons. The van der Waals surface area contributed by atoms with Gasteiger partial charge in [-0.1, -0.05) is 36.8 Å². The number of rotatable bonds is 6. The zero-order chi connectivity index (χ0) is 20.1. The molecule has 1 saturated heterocycles. The first-order valence-electron chi connectivity index (χ1n) is 9.45. The van der Waals surface area contributed by atoms with E-state index in [0.717, 1.165) is 24.8 Å². The van der Waals surface area contributed by atoms with Gasteiger partial charge in [-0.05, 0) is 43.5 Å². The number of amides is 1. The summed E-state index contributed by atoms with van der Waals surface area (Å²) < 4.78 is 33.3. The molecule has 0 saturated carbocycles. The van der Waals surface area contributed by atoms with E-state index in [-0.39, 0.29) is 22.6 Å². The van der Waals surface area contributed by atoms with Gasteiger partial charge in [0.1, 0.15) is 10.6 Å². The largest absolute Gasteiger partial charge is 0.495 e. The zero-order valence-corrected chi connectivity index (χ0v) is 17.0. The SMILES string of the molecule is COc1ccc(C(=O)NCc2ccccc2)cc1S(=O)(=O)N1CCCCC1C. The van der Waals surface area contributed by atoms with Gasteiger partial charge < -0.3 is 10.1 Å². The molecule has 0 bridgehead atoms. The van der Waals surface area contributed by atoms with E-state index in [4.69, 9.17) is 4.74 Å². The quantitative estimate of drug-likeness (QED) is 0.805. The van der Waals surface area contributed by atoms with Crippen LogP contribution in [0.2, 0.25) is 0 Å². The Morgan fingerprint density at radius 3 is 2.61 bits per heavy atom. The molecule has 0 spiro atoms. The first kappa shape index (κ1) is 20.4. The molecule has 2 aromatic rings. The highest BCUT2D eigenvalue weighted by atomic mass is 32.2. The van der Waals surface area contributed by atoms with Gasteiger partial charge in [0.25, 0.3) is 5.91 Å². The summed E-state index contributed by atoms with van der Waals surface area (Å²) in [5.74, 6) is -0.0768. The maximum Gasteiger partial charge on any atom is 0.251 e. The Hall–Kier alpha value is -2.38. The molecule has 0 radical (unpaired) electrons. The molecule has 28 heavy (non-hydrogen) atoms. The van der Waals surface area contributed by atoms with Crippen LogP contribution >= 0.6 is 0 Å². The third-order valence-electron chi connectivity index (χ3n) is 5.05. The minimum Gasteiger partial charge on any atom is -0.495 e. The monoisotopic (exact) mass is 402 g/mol. The predicted molar refractivity (Wildman–Crippen MR) is 108 cm³/mol.